The Morgan fingerprint density at radius 1 is 0.933 bits per heavy atom. The number of carbonyl (C=O) groups excluding carboxylic acids is 1. The molecule has 1 amide bonds. The van der Waals surface area contributed by atoms with Crippen LogP contribution >= 0.6 is 0 Å². The highest BCUT2D eigenvalue weighted by Crippen LogP contribution is 2.31. The van der Waals surface area contributed by atoms with Crippen molar-refractivity contribution < 1.29 is 4.79 Å². The second-order valence-electron chi connectivity index (χ2n) is 7.84. The highest BCUT2D eigenvalue weighted by molar-refractivity contribution is 6.07. The van der Waals surface area contributed by atoms with E-state index < -0.39 is 0 Å². The van der Waals surface area contributed by atoms with Gasteiger partial charge >= 0.3 is 5.69 Å². The molecule has 3 aromatic carbocycles. The summed E-state index contributed by atoms with van der Waals surface area (Å²) in [7, 11) is 0. The van der Waals surface area contributed by atoms with Gasteiger partial charge in [-0.05, 0) is 42.7 Å². The van der Waals surface area contributed by atoms with E-state index in [0.29, 0.717) is 11.1 Å². The van der Waals surface area contributed by atoms with Crippen molar-refractivity contribution in [3.05, 3.63) is 88.8 Å². The topological polar surface area (TPSA) is 66.9 Å². The van der Waals surface area contributed by atoms with E-state index in [-0.39, 0.29) is 17.6 Å². The number of carbonyl (C=O) groups is 1. The van der Waals surface area contributed by atoms with Gasteiger partial charge in [-0.3, -0.25) is 9.36 Å². The molecule has 4 aromatic rings. The zero-order valence-corrected chi connectivity index (χ0v) is 16.6. The Kier molecular flexibility index (Phi) is 4.71. The van der Waals surface area contributed by atoms with Gasteiger partial charge in [-0.1, -0.05) is 61.4 Å². The van der Waals surface area contributed by atoms with Crippen molar-refractivity contribution in [2.45, 2.75) is 31.7 Å². The predicted octanol–water partition coefficient (Wildman–Crippen LogP) is 5.36. The minimum absolute atomic E-state index is 0.0936. The summed E-state index contributed by atoms with van der Waals surface area (Å²) in [5, 5.41) is 3.03. The minimum atomic E-state index is -0.199. The van der Waals surface area contributed by atoms with Gasteiger partial charge in [-0.25, -0.2) is 4.79 Å². The van der Waals surface area contributed by atoms with Crippen molar-refractivity contribution >= 4 is 22.6 Å². The standard InChI is InChI=1S/C25H23N3O2/c29-24(26-21-13-7-6-12-20(21)17-8-2-1-3-9-17)18-14-15-23-22(16-18)27-25(30)28(23)19-10-4-5-11-19/h1-3,6-9,12-16,19H,4-5,10-11H2,(H,26,29)(H,27,30). The van der Waals surface area contributed by atoms with Crippen LogP contribution in [0.15, 0.2) is 77.6 Å². The molecule has 2 N–H and O–H groups in total. The number of hydrogen-bond donors (Lipinski definition) is 2. The number of para-hydroxylation sites is 1. The second kappa shape index (κ2) is 7.67. The van der Waals surface area contributed by atoms with Crippen molar-refractivity contribution in [3.63, 3.8) is 0 Å². The summed E-state index contributed by atoms with van der Waals surface area (Å²) in [6.45, 7) is 0. The first-order valence-electron chi connectivity index (χ1n) is 10.4. The summed E-state index contributed by atoms with van der Waals surface area (Å²) in [6.07, 6.45) is 4.38. The molecule has 0 saturated heterocycles. The van der Waals surface area contributed by atoms with Crippen LogP contribution in [0, 0.1) is 0 Å². The quantitative estimate of drug-likeness (QED) is 0.486. The first-order valence-corrected chi connectivity index (χ1v) is 10.4. The molecule has 0 aliphatic heterocycles. The molecule has 0 atom stereocenters. The number of hydrogen-bond acceptors (Lipinski definition) is 2. The van der Waals surface area contributed by atoms with Gasteiger partial charge in [0.05, 0.1) is 11.0 Å². The van der Waals surface area contributed by atoms with Gasteiger partial charge in [0.2, 0.25) is 0 Å². The Hall–Kier alpha value is -3.60. The monoisotopic (exact) mass is 397 g/mol. The molecule has 1 aliphatic carbocycles. The maximum Gasteiger partial charge on any atom is 0.326 e. The average Bonchev–Trinajstić information content (AvgIpc) is 3.41. The van der Waals surface area contributed by atoms with E-state index >= 15 is 0 Å². The Labute approximate surface area is 174 Å². The molecule has 1 aromatic heterocycles. The maximum atomic E-state index is 13.0. The summed E-state index contributed by atoms with van der Waals surface area (Å²) in [6, 6.07) is 23.4. The smallest absolute Gasteiger partial charge is 0.321 e. The summed E-state index contributed by atoms with van der Waals surface area (Å²) < 4.78 is 1.86. The molecule has 1 fully saturated rings. The fourth-order valence-corrected chi connectivity index (χ4v) is 4.45. The molecule has 5 rings (SSSR count). The maximum absolute atomic E-state index is 13.0. The molecular formula is C25H23N3O2. The number of benzene rings is 3. The molecule has 0 radical (unpaired) electrons. The summed E-state index contributed by atoms with van der Waals surface area (Å²) >= 11 is 0. The van der Waals surface area contributed by atoms with Gasteiger partial charge in [-0.2, -0.15) is 0 Å². The zero-order valence-electron chi connectivity index (χ0n) is 16.6. The molecule has 30 heavy (non-hydrogen) atoms. The molecule has 5 nitrogen and oxygen atoms in total. The molecule has 5 heteroatoms. The van der Waals surface area contributed by atoms with Gasteiger partial charge in [0, 0.05) is 22.9 Å². The van der Waals surface area contributed by atoms with Gasteiger partial charge in [0.15, 0.2) is 0 Å². The van der Waals surface area contributed by atoms with Crippen LogP contribution in [0.5, 0.6) is 0 Å². The third-order valence-electron chi connectivity index (χ3n) is 5.93. The predicted molar refractivity (Wildman–Crippen MR) is 120 cm³/mol. The van der Waals surface area contributed by atoms with Crippen LogP contribution < -0.4 is 11.0 Å². The van der Waals surface area contributed by atoms with Crippen molar-refractivity contribution in [3.8, 4) is 11.1 Å². The zero-order chi connectivity index (χ0) is 20.5. The molecule has 0 spiro atoms. The van der Waals surface area contributed by atoms with Crippen molar-refractivity contribution in [1.82, 2.24) is 9.55 Å². The number of aromatic amines is 1. The summed E-state index contributed by atoms with van der Waals surface area (Å²) in [4.78, 5) is 28.4. The largest absolute Gasteiger partial charge is 0.326 e. The molecule has 0 bridgehead atoms. The molecule has 0 unspecified atom stereocenters. The van der Waals surface area contributed by atoms with Gasteiger partial charge < -0.3 is 10.3 Å². The van der Waals surface area contributed by atoms with E-state index in [1.54, 1.807) is 12.1 Å². The van der Waals surface area contributed by atoms with E-state index in [1.165, 1.54) is 0 Å². The van der Waals surface area contributed by atoms with E-state index in [0.717, 1.165) is 48.0 Å². The lowest BCUT2D eigenvalue weighted by molar-refractivity contribution is 0.102. The van der Waals surface area contributed by atoms with Crippen LogP contribution in [0.1, 0.15) is 42.1 Å². The highest BCUT2D eigenvalue weighted by atomic mass is 16.2. The van der Waals surface area contributed by atoms with Gasteiger partial charge in [0.25, 0.3) is 5.91 Å². The number of imidazole rings is 1. The van der Waals surface area contributed by atoms with Gasteiger partial charge in [0.1, 0.15) is 0 Å². The van der Waals surface area contributed by atoms with Crippen LogP contribution in [-0.2, 0) is 0 Å². The fraction of sp³-hybridized carbons (Fsp3) is 0.200. The minimum Gasteiger partial charge on any atom is -0.321 e. The van der Waals surface area contributed by atoms with E-state index in [2.05, 4.69) is 10.3 Å². The lowest BCUT2D eigenvalue weighted by Gasteiger charge is -2.12. The highest BCUT2D eigenvalue weighted by Gasteiger charge is 2.21. The van der Waals surface area contributed by atoms with E-state index in [4.69, 9.17) is 0 Å². The lowest BCUT2D eigenvalue weighted by atomic mass is 10.0. The number of amides is 1. The molecular weight excluding hydrogens is 374 g/mol. The molecule has 1 heterocycles. The summed E-state index contributed by atoms with van der Waals surface area (Å²) in [5.74, 6) is -0.199. The number of aromatic nitrogens is 2. The van der Waals surface area contributed by atoms with Crippen LogP contribution in [0.4, 0.5) is 5.69 Å². The summed E-state index contributed by atoms with van der Waals surface area (Å²) in [5.41, 5.74) is 4.76. The van der Waals surface area contributed by atoms with Crippen molar-refractivity contribution in [2.75, 3.05) is 5.32 Å². The molecule has 150 valence electrons. The Bertz CT molecular complexity index is 1260. The second-order valence-corrected chi connectivity index (χ2v) is 7.84. The van der Waals surface area contributed by atoms with Crippen LogP contribution in [0.2, 0.25) is 0 Å². The fourth-order valence-electron chi connectivity index (χ4n) is 4.45. The third kappa shape index (κ3) is 3.32. The first-order chi connectivity index (χ1) is 14.7. The number of fused-ring (bicyclic) bond motifs is 1. The Balaban J connectivity index is 1.46. The number of nitrogens with one attached hydrogen (secondary N) is 2. The number of H-pyrrole nitrogens is 1. The van der Waals surface area contributed by atoms with Crippen molar-refractivity contribution in [2.24, 2.45) is 0 Å². The molecule has 1 aliphatic rings. The number of nitrogens with zero attached hydrogens (tertiary/aromatic N) is 1. The van der Waals surface area contributed by atoms with Crippen LogP contribution in [0.3, 0.4) is 0 Å². The van der Waals surface area contributed by atoms with Gasteiger partial charge in [-0.15, -0.1) is 0 Å². The van der Waals surface area contributed by atoms with Crippen LogP contribution in [-0.4, -0.2) is 15.5 Å². The van der Waals surface area contributed by atoms with Crippen molar-refractivity contribution in [1.29, 1.82) is 0 Å². The molecule has 1 saturated carbocycles. The van der Waals surface area contributed by atoms with E-state index in [9.17, 15) is 9.59 Å². The van der Waals surface area contributed by atoms with Crippen LogP contribution in [0.25, 0.3) is 22.2 Å². The Morgan fingerprint density at radius 3 is 2.47 bits per heavy atom. The third-order valence-corrected chi connectivity index (χ3v) is 5.93. The first kappa shape index (κ1) is 18.4. The number of anilines is 1. The lowest BCUT2D eigenvalue weighted by Crippen LogP contribution is -2.20. The number of rotatable bonds is 4. The normalized spacial score (nSPS) is 14.3. The average molecular weight is 397 g/mol. The van der Waals surface area contributed by atoms with E-state index in [1.807, 2.05) is 65.2 Å². The SMILES string of the molecule is O=C(Nc1ccccc1-c1ccccc1)c1ccc2c(c1)[nH]c(=O)n2C1CCCC1. The Morgan fingerprint density at radius 2 is 1.67 bits per heavy atom.